The summed E-state index contributed by atoms with van der Waals surface area (Å²) >= 11 is 11.2. The average Bonchev–Trinajstić information content (AvgIpc) is 2.36. The van der Waals surface area contributed by atoms with Crippen molar-refractivity contribution >= 4 is 23.2 Å². The molecule has 0 saturated carbocycles. The lowest BCUT2D eigenvalue weighted by atomic mass is 10.0. The number of benzene rings is 2. The van der Waals surface area contributed by atoms with Gasteiger partial charge < -0.3 is 5.11 Å². The van der Waals surface area contributed by atoms with Crippen molar-refractivity contribution in [1.29, 1.82) is 0 Å². The number of hydrogen-bond acceptors (Lipinski definition) is 1. The molecule has 100 valence electrons. The number of hydrogen-bond donors (Lipinski definition) is 1. The van der Waals surface area contributed by atoms with Gasteiger partial charge in [-0.3, -0.25) is 0 Å². The Morgan fingerprint density at radius 3 is 2.21 bits per heavy atom. The highest BCUT2D eigenvalue weighted by atomic mass is 35.5. The van der Waals surface area contributed by atoms with Gasteiger partial charge in [0.15, 0.2) is 0 Å². The number of aliphatic hydroxyl groups is 1. The second kappa shape index (κ2) is 5.41. The molecule has 0 aliphatic carbocycles. The fourth-order valence-corrected chi connectivity index (χ4v) is 2.01. The Labute approximate surface area is 117 Å². The van der Waals surface area contributed by atoms with Gasteiger partial charge in [0.1, 0.15) is 23.6 Å². The van der Waals surface area contributed by atoms with Crippen LogP contribution in [0, 0.1) is 17.5 Å². The van der Waals surface area contributed by atoms with E-state index in [-0.39, 0.29) is 16.1 Å². The van der Waals surface area contributed by atoms with Gasteiger partial charge in [-0.05, 0) is 30.3 Å². The summed E-state index contributed by atoms with van der Waals surface area (Å²) in [6, 6.07) is 4.77. The molecule has 1 atom stereocenters. The minimum atomic E-state index is -1.59. The van der Waals surface area contributed by atoms with Crippen LogP contribution in [-0.4, -0.2) is 5.11 Å². The monoisotopic (exact) mass is 306 g/mol. The van der Waals surface area contributed by atoms with Crippen LogP contribution < -0.4 is 0 Å². The van der Waals surface area contributed by atoms with Gasteiger partial charge in [-0.25, -0.2) is 13.2 Å². The van der Waals surface area contributed by atoms with Crippen molar-refractivity contribution in [3.63, 3.8) is 0 Å². The number of rotatable bonds is 2. The molecule has 19 heavy (non-hydrogen) atoms. The summed E-state index contributed by atoms with van der Waals surface area (Å²) < 4.78 is 40.1. The topological polar surface area (TPSA) is 20.2 Å². The molecule has 0 spiro atoms. The van der Waals surface area contributed by atoms with Crippen LogP contribution in [0.3, 0.4) is 0 Å². The van der Waals surface area contributed by atoms with E-state index in [1.807, 2.05) is 0 Å². The first-order valence-electron chi connectivity index (χ1n) is 5.17. The summed E-state index contributed by atoms with van der Waals surface area (Å²) in [7, 11) is 0. The fourth-order valence-electron chi connectivity index (χ4n) is 1.64. The molecule has 0 aliphatic rings. The van der Waals surface area contributed by atoms with Gasteiger partial charge >= 0.3 is 0 Å². The standard InChI is InChI=1S/C13H7Cl2F3O/c14-9-2-1-6(16)3-7(9)13(19)8-4-12(18)10(15)5-11(8)17/h1-5,13,19H. The summed E-state index contributed by atoms with van der Waals surface area (Å²) in [5, 5.41) is 9.63. The van der Waals surface area contributed by atoms with Crippen LogP contribution in [0.25, 0.3) is 0 Å². The van der Waals surface area contributed by atoms with E-state index in [9.17, 15) is 18.3 Å². The zero-order valence-electron chi connectivity index (χ0n) is 9.30. The van der Waals surface area contributed by atoms with E-state index < -0.39 is 28.6 Å². The Balaban J connectivity index is 2.52. The quantitative estimate of drug-likeness (QED) is 0.810. The third kappa shape index (κ3) is 2.86. The Morgan fingerprint density at radius 2 is 1.53 bits per heavy atom. The first kappa shape index (κ1) is 14.2. The van der Waals surface area contributed by atoms with Crippen LogP contribution in [0.2, 0.25) is 10.0 Å². The van der Waals surface area contributed by atoms with E-state index in [1.54, 1.807) is 0 Å². The molecule has 1 N–H and O–H groups in total. The maximum atomic E-state index is 13.7. The third-order valence-electron chi connectivity index (χ3n) is 2.59. The molecule has 0 amide bonds. The van der Waals surface area contributed by atoms with Crippen molar-refractivity contribution in [2.45, 2.75) is 6.10 Å². The Morgan fingerprint density at radius 1 is 0.842 bits per heavy atom. The molecule has 0 heterocycles. The predicted molar refractivity (Wildman–Crippen MR) is 66.8 cm³/mol. The molecule has 0 aliphatic heterocycles. The van der Waals surface area contributed by atoms with E-state index in [1.165, 1.54) is 6.07 Å². The van der Waals surface area contributed by atoms with Gasteiger partial charge in [0.25, 0.3) is 0 Å². The summed E-state index contributed by atoms with van der Waals surface area (Å²) in [4.78, 5) is 0. The van der Waals surface area contributed by atoms with Crippen LogP contribution in [0.5, 0.6) is 0 Å². The number of aliphatic hydroxyl groups excluding tert-OH is 1. The molecule has 2 aromatic rings. The van der Waals surface area contributed by atoms with Gasteiger partial charge in [-0.1, -0.05) is 23.2 Å². The molecule has 2 rings (SSSR count). The largest absolute Gasteiger partial charge is 0.383 e. The van der Waals surface area contributed by atoms with Crippen molar-refractivity contribution < 1.29 is 18.3 Å². The number of halogens is 5. The average molecular weight is 307 g/mol. The van der Waals surface area contributed by atoms with Crippen molar-refractivity contribution in [1.82, 2.24) is 0 Å². The van der Waals surface area contributed by atoms with Crippen molar-refractivity contribution in [2.24, 2.45) is 0 Å². The molecule has 0 radical (unpaired) electrons. The van der Waals surface area contributed by atoms with Crippen LogP contribution in [0.4, 0.5) is 13.2 Å². The molecule has 0 bridgehead atoms. The van der Waals surface area contributed by atoms with E-state index in [0.717, 1.165) is 24.3 Å². The van der Waals surface area contributed by atoms with E-state index >= 15 is 0 Å². The van der Waals surface area contributed by atoms with Gasteiger partial charge in [-0.15, -0.1) is 0 Å². The first-order valence-corrected chi connectivity index (χ1v) is 5.93. The maximum absolute atomic E-state index is 13.7. The van der Waals surface area contributed by atoms with Crippen molar-refractivity contribution in [2.75, 3.05) is 0 Å². The minimum Gasteiger partial charge on any atom is -0.383 e. The second-order valence-electron chi connectivity index (χ2n) is 3.86. The molecule has 0 saturated heterocycles. The Kier molecular flexibility index (Phi) is 4.04. The highest BCUT2D eigenvalue weighted by Crippen LogP contribution is 2.32. The Hall–Kier alpha value is -1.23. The normalized spacial score (nSPS) is 12.5. The van der Waals surface area contributed by atoms with Crippen molar-refractivity contribution in [3.05, 3.63) is 69.0 Å². The maximum Gasteiger partial charge on any atom is 0.142 e. The van der Waals surface area contributed by atoms with E-state index in [4.69, 9.17) is 23.2 Å². The molecule has 6 heteroatoms. The molecule has 0 fully saturated rings. The van der Waals surface area contributed by atoms with Crippen LogP contribution in [0.15, 0.2) is 30.3 Å². The highest BCUT2D eigenvalue weighted by Gasteiger charge is 2.20. The Bertz CT molecular complexity index is 632. The van der Waals surface area contributed by atoms with Crippen molar-refractivity contribution in [3.8, 4) is 0 Å². The smallest absolute Gasteiger partial charge is 0.142 e. The molecule has 0 aromatic heterocycles. The second-order valence-corrected chi connectivity index (χ2v) is 4.67. The lowest BCUT2D eigenvalue weighted by Crippen LogP contribution is -2.05. The summed E-state index contributed by atoms with van der Waals surface area (Å²) in [5.74, 6) is -2.43. The molecule has 2 aromatic carbocycles. The lowest BCUT2D eigenvalue weighted by molar-refractivity contribution is 0.214. The SMILES string of the molecule is OC(c1cc(F)c(Cl)cc1F)c1cc(F)ccc1Cl. The van der Waals surface area contributed by atoms with Gasteiger partial charge in [0.2, 0.25) is 0 Å². The molecular formula is C13H7Cl2F3O. The van der Waals surface area contributed by atoms with Gasteiger partial charge in [0.05, 0.1) is 5.02 Å². The summed E-state index contributed by atoms with van der Waals surface area (Å²) in [6.07, 6.45) is -1.59. The zero-order chi connectivity index (χ0) is 14.2. The first-order chi connectivity index (χ1) is 8.90. The van der Waals surface area contributed by atoms with E-state index in [0.29, 0.717) is 0 Å². The van der Waals surface area contributed by atoms with Crippen LogP contribution in [0.1, 0.15) is 17.2 Å². The van der Waals surface area contributed by atoms with Crippen LogP contribution >= 0.6 is 23.2 Å². The summed E-state index contributed by atoms with van der Waals surface area (Å²) in [6.45, 7) is 0. The fraction of sp³-hybridized carbons (Fsp3) is 0.0769. The predicted octanol–water partition coefficient (Wildman–Crippen LogP) is 4.49. The zero-order valence-corrected chi connectivity index (χ0v) is 10.8. The third-order valence-corrected chi connectivity index (χ3v) is 3.22. The van der Waals surface area contributed by atoms with Crippen LogP contribution in [-0.2, 0) is 0 Å². The van der Waals surface area contributed by atoms with Gasteiger partial charge in [0, 0.05) is 16.1 Å². The van der Waals surface area contributed by atoms with E-state index in [2.05, 4.69) is 0 Å². The van der Waals surface area contributed by atoms with Gasteiger partial charge in [-0.2, -0.15) is 0 Å². The highest BCUT2D eigenvalue weighted by molar-refractivity contribution is 6.31. The molecule has 1 unspecified atom stereocenters. The minimum absolute atomic E-state index is 0.0451. The molecule has 1 nitrogen and oxygen atoms in total. The lowest BCUT2D eigenvalue weighted by Gasteiger charge is -2.14. The molecular weight excluding hydrogens is 300 g/mol. The summed E-state index contributed by atoms with van der Waals surface area (Å²) in [5.41, 5.74) is -0.420.